The van der Waals surface area contributed by atoms with E-state index in [1.165, 1.54) is 6.07 Å². The van der Waals surface area contributed by atoms with Crippen LogP contribution in [0, 0.1) is 11.7 Å². The van der Waals surface area contributed by atoms with E-state index in [1.807, 2.05) is 0 Å². The second kappa shape index (κ2) is 5.44. The van der Waals surface area contributed by atoms with Gasteiger partial charge >= 0.3 is 0 Å². The van der Waals surface area contributed by atoms with Crippen molar-refractivity contribution in [1.29, 1.82) is 0 Å². The molecule has 0 amide bonds. The van der Waals surface area contributed by atoms with Crippen molar-refractivity contribution in [2.75, 3.05) is 12.3 Å². The maximum atomic E-state index is 13.0. The summed E-state index contributed by atoms with van der Waals surface area (Å²) in [5.74, 6) is -0.708. The van der Waals surface area contributed by atoms with Gasteiger partial charge < -0.3 is 10.8 Å². The Morgan fingerprint density at radius 2 is 2.16 bits per heavy atom. The number of anilines is 1. The summed E-state index contributed by atoms with van der Waals surface area (Å²) in [5, 5.41) is 9.18. The van der Waals surface area contributed by atoms with Crippen LogP contribution in [0.25, 0.3) is 0 Å². The lowest BCUT2D eigenvalue weighted by Gasteiger charge is -2.19. The average Bonchev–Trinajstić information content (AvgIpc) is 2.79. The van der Waals surface area contributed by atoms with E-state index >= 15 is 0 Å². The van der Waals surface area contributed by atoms with Crippen LogP contribution in [0.1, 0.15) is 19.3 Å². The number of halogens is 1. The fraction of sp³-hybridized carbons (Fsp3) is 0.500. The Bertz CT molecular complexity index is 562. The fourth-order valence-electron chi connectivity index (χ4n) is 2.37. The van der Waals surface area contributed by atoms with Gasteiger partial charge in [0.25, 0.3) is 0 Å². The van der Waals surface area contributed by atoms with E-state index in [2.05, 4.69) is 4.72 Å². The molecule has 0 saturated heterocycles. The molecule has 19 heavy (non-hydrogen) atoms. The molecular weight excluding hydrogens is 271 g/mol. The number of sulfonamides is 1. The molecular formula is C12H17FN2O3S. The van der Waals surface area contributed by atoms with Gasteiger partial charge in [-0.15, -0.1) is 0 Å². The van der Waals surface area contributed by atoms with E-state index in [0.29, 0.717) is 6.42 Å². The molecule has 5 nitrogen and oxygen atoms in total. The number of nitrogens with one attached hydrogen (secondary N) is 1. The Kier molecular flexibility index (Phi) is 4.07. The quantitative estimate of drug-likeness (QED) is 0.716. The van der Waals surface area contributed by atoms with Crippen LogP contribution in [0.5, 0.6) is 0 Å². The van der Waals surface area contributed by atoms with Gasteiger partial charge in [0.2, 0.25) is 10.0 Å². The Balaban J connectivity index is 2.20. The number of nitrogen functional groups attached to an aromatic ring is 1. The van der Waals surface area contributed by atoms with Crippen molar-refractivity contribution in [3.05, 3.63) is 24.0 Å². The third-order valence-electron chi connectivity index (χ3n) is 3.48. The summed E-state index contributed by atoms with van der Waals surface area (Å²) in [4.78, 5) is -0.0602. The van der Waals surface area contributed by atoms with Gasteiger partial charge in [0, 0.05) is 12.6 Å². The van der Waals surface area contributed by atoms with E-state index in [4.69, 9.17) is 5.73 Å². The summed E-state index contributed by atoms with van der Waals surface area (Å²) in [6.07, 6.45) is 2.38. The molecule has 2 atom stereocenters. The smallest absolute Gasteiger partial charge is 0.240 e. The monoisotopic (exact) mass is 288 g/mol. The lowest BCUT2D eigenvalue weighted by Crippen LogP contribution is -2.38. The first-order chi connectivity index (χ1) is 8.94. The molecule has 1 aromatic carbocycles. The summed E-state index contributed by atoms with van der Waals surface area (Å²) in [6.45, 7) is -0.0429. The van der Waals surface area contributed by atoms with Crippen molar-refractivity contribution in [3.8, 4) is 0 Å². The second-order valence-electron chi connectivity index (χ2n) is 4.78. The van der Waals surface area contributed by atoms with Gasteiger partial charge in [-0.3, -0.25) is 0 Å². The van der Waals surface area contributed by atoms with Crippen LogP contribution in [0.15, 0.2) is 23.1 Å². The SMILES string of the molecule is Nc1cc(S(=O)(=O)NC2CCCC2CO)ccc1F. The van der Waals surface area contributed by atoms with Gasteiger partial charge in [0.1, 0.15) is 5.82 Å². The highest BCUT2D eigenvalue weighted by atomic mass is 32.2. The highest BCUT2D eigenvalue weighted by molar-refractivity contribution is 7.89. The van der Waals surface area contributed by atoms with Crippen LogP contribution >= 0.6 is 0 Å². The third-order valence-corrected chi connectivity index (χ3v) is 4.97. The predicted octanol–water partition coefficient (Wildman–Crippen LogP) is 0.847. The summed E-state index contributed by atoms with van der Waals surface area (Å²) in [7, 11) is -3.73. The van der Waals surface area contributed by atoms with E-state index in [0.717, 1.165) is 25.0 Å². The van der Waals surface area contributed by atoms with Crippen molar-refractivity contribution < 1.29 is 17.9 Å². The molecule has 106 valence electrons. The third kappa shape index (κ3) is 3.05. The Labute approximate surface area is 111 Å². The fourth-order valence-corrected chi connectivity index (χ4v) is 3.74. The van der Waals surface area contributed by atoms with Crippen LogP contribution in [0.3, 0.4) is 0 Å². The summed E-state index contributed by atoms with van der Waals surface area (Å²) in [5.41, 5.74) is 5.17. The van der Waals surface area contributed by atoms with Gasteiger partial charge in [-0.2, -0.15) is 0 Å². The lowest BCUT2D eigenvalue weighted by molar-refractivity contribution is 0.213. The molecule has 0 bridgehead atoms. The van der Waals surface area contributed by atoms with E-state index in [1.54, 1.807) is 0 Å². The average molecular weight is 288 g/mol. The first-order valence-electron chi connectivity index (χ1n) is 6.12. The second-order valence-corrected chi connectivity index (χ2v) is 6.50. The van der Waals surface area contributed by atoms with Gasteiger partial charge in [-0.1, -0.05) is 6.42 Å². The summed E-state index contributed by atoms with van der Waals surface area (Å²) < 4.78 is 39.9. The highest BCUT2D eigenvalue weighted by Gasteiger charge is 2.30. The normalized spacial score (nSPS) is 23.7. The number of nitrogens with two attached hydrogens (primary N) is 1. The number of rotatable bonds is 4. The van der Waals surface area contributed by atoms with Crippen LogP contribution in [-0.4, -0.2) is 26.2 Å². The van der Waals surface area contributed by atoms with E-state index < -0.39 is 15.8 Å². The Hall–Kier alpha value is -1.18. The minimum atomic E-state index is -3.73. The van der Waals surface area contributed by atoms with Crippen molar-refractivity contribution >= 4 is 15.7 Å². The van der Waals surface area contributed by atoms with Crippen molar-refractivity contribution in [3.63, 3.8) is 0 Å². The minimum absolute atomic E-state index is 0.0429. The molecule has 4 N–H and O–H groups in total. The molecule has 7 heteroatoms. The van der Waals surface area contributed by atoms with E-state index in [9.17, 15) is 17.9 Å². The molecule has 0 aliphatic heterocycles. The largest absolute Gasteiger partial charge is 0.396 e. The maximum Gasteiger partial charge on any atom is 0.240 e. The van der Waals surface area contributed by atoms with E-state index in [-0.39, 0.29) is 29.1 Å². The summed E-state index contributed by atoms with van der Waals surface area (Å²) in [6, 6.07) is 3.03. The molecule has 1 aromatic rings. The number of hydrogen-bond acceptors (Lipinski definition) is 4. The van der Waals surface area contributed by atoms with Crippen LogP contribution < -0.4 is 10.5 Å². The molecule has 1 aliphatic rings. The molecule has 0 spiro atoms. The van der Waals surface area contributed by atoms with Gasteiger partial charge in [-0.05, 0) is 37.0 Å². The first kappa shape index (κ1) is 14.2. The first-order valence-corrected chi connectivity index (χ1v) is 7.60. The zero-order chi connectivity index (χ0) is 14.0. The van der Waals surface area contributed by atoms with Crippen LogP contribution in [-0.2, 0) is 10.0 Å². The molecule has 0 heterocycles. The number of aliphatic hydroxyl groups excluding tert-OH is 1. The lowest BCUT2D eigenvalue weighted by atomic mass is 10.1. The molecule has 1 fully saturated rings. The standard InChI is InChI=1S/C12H17FN2O3S/c13-10-5-4-9(6-11(10)14)19(17,18)15-12-3-1-2-8(12)7-16/h4-6,8,12,15-16H,1-3,7,14H2. The minimum Gasteiger partial charge on any atom is -0.396 e. The van der Waals surface area contributed by atoms with Gasteiger partial charge in [0.05, 0.1) is 10.6 Å². The van der Waals surface area contributed by atoms with Crippen LogP contribution in [0.4, 0.5) is 10.1 Å². The highest BCUT2D eigenvalue weighted by Crippen LogP contribution is 2.27. The van der Waals surface area contributed by atoms with Crippen molar-refractivity contribution in [2.24, 2.45) is 5.92 Å². The maximum absolute atomic E-state index is 13.0. The van der Waals surface area contributed by atoms with Gasteiger partial charge in [0.15, 0.2) is 0 Å². The zero-order valence-corrected chi connectivity index (χ0v) is 11.2. The van der Waals surface area contributed by atoms with Crippen molar-refractivity contribution in [2.45, 2.75) is 30.2 Å². The topological polar surface area (TPSA) is 92.4 Å². The van der Waals surface area contributed by atoms with Gasteiger partial charge in [-0.25, -0.2) is 17.5 Å². The number of benzene rings is 1. The number of aliphatic hydroxyl groups is 1. The van der Waals surface area contributed by atoms with Crippen molar-refractivity contribution in [1.82, 2.24) is 4.72 Å². The zero-order valence-electron chi connectivity index (χ0n) is 10.3. The molecule has 0 aromatic heterocycles. The molecule has 2 unspecified atom stereocenters. The molecule has 0 radical (unpaired) electrons. The summed E-state index contributed by atoms with van der Waals surface area (Å²) >= 11 is 0. The molecule has 2 rings (SSSR count). The molecule has 1 aliphatic carbocycles. The predicted molar refractivity (Wildman–Crippen MR) is 69.3 cm³/mol. The number of hydrogen-bond donors (Lipinski definition) is 3. The molecule has 1 saturated carbocycles. The Morgan fingerprint density at radius 3 is 2.79 bits per heavy atom. The Morgan fingerprint density at radius 1 is 1.42 bits per heavy atom. The van der Waals surface area contributed by atoms with Crippen LogP contribution in [0.2, 0.25) is 0 Å².